The van der Waals surface area contributed by atoms with E-state index >= 15 is 0 Å². The van der Waals surface area contributed by atoms with Crippen molar-refractivity contribution in [1.82, 2.24) is 4.40 Å². The Morgan fingerprint density at radius 1 is 0.466 bits per heavy atom. The first-order chi connectivity index (χ1) is 28.2. The second-order valence-corrected chi connectivity index (χ2v) is 17.5. The minimum atomic E-state index is -0.269. The summed E-state index contributed by atoms with van der Waals surface area (Å²) < 4.78 is 2.63. The standard InChI is InChI=1S/C55H45N3/c1-54(2,3)37-27-31-49-46(33-37)50-45-34-42(56(38-18-10-6-11-19-38)39-20-12-7-13-21-39)28-26-36(45)32-47-51-44-30-29-43(35-48(44)55(4,5)53(51)58(49)52(47)50)57(40-22-14-8-15-23-40)41-24-16-9-17-25-41/h6-35H,1-5H3. The summed E-state index contributed by atoms with van der Waals surface area (Å²) in [5.41, 5.74) is 16.0. The van der Waals surface area contributed by atoms with Gasteiger partial charge >= 0.3 is 0 Å². The van der Waals surface area contributed by atoms with Crippen molar-refractivity contribution in [2.45, 2.75) is 45.4 Å². The topological polar surface area (TPSA) is 10.9 Å². The number of rotatable bonds is 6. The van der Waals surface area contributed by atoms with Crippen molar-refractivity contribution in [3.63, 3.8) is 0 Å². The molecule has 3 heteroatoms. The summed E-state index contributed by atoms with van der Waals surface area (Å²) in [7, 11) is 0. The lowest BCUT2D eigenvalue weighted by Gasteiger charge is -2.28. The highest BCUT2D eigenvalue weighted by Crippen LogP contribution is 2.57. The van der Waals surface area contributed by atoms with Crippen LogP contribution in [0.3, 0.4) is 0 Å². The maximum Gasteiger partial charge on any atom is 0.0624 e. The second kappa shape index (κ2) is 12.6. The summed E-state index contributed by atoms with van der Waals surface area (Å²) in [5, 5.41) is 6.50. The highest BCUT2D eigenvalue weighted by molar-refractivity contribution is 6.29. The van der Waals surface area contributed by atoms with Crippen molar-refractivity contribution in [2.75, 3.05) is 9.80 Å². The molecule has 2 aromatic heterocycles. The number of aromatic nitrogens is 1. The van der Waals surface area contributed by atoms with Gasteiger partial charge in [-0.05, 0) is 124 Å². The van der Waals surface area contributed by atoms with Gasteiger partial charge in [-0.3, -0.25) is 0 Å². The number of anilines is 6. The fourth-order valence-corrected chi connectivity index (χ4v) is 9.80. The zero-order chi connectivity index (χ0) is 39.3. The van der Waals surface area contributed by atoms with Crippen LogP contribution in [0.5, 0.6) is 0 Å². The fraction of sp³-hybridized carbons (Fsp3) is 0.127. The van der Waals surface area contributed by atoms with Crippen molar-refractivity contribution in [3.05, 3.63) is 199 Å². The molecule has 8 aromatic carbocycles. The molecule has 0 fully saturated rings. The molecule has 0 N–H and O–H groups in total. The lowest BCUT2D eigenvalue weighted by Crippen LogP contribution is -2.19. The zero-order valence-corrected chi connectivity index (χ0v) is 33.7. The minimum Gasteiger partial charge on any atom is -0.311 e. The van der Waals surface area contributed by atoms with Crippen molar-refractivity contribution in [2.24, 2.45) is 0 Å². The maximum absolute atomic E-state index is 2.63. The smallest absolute Gasteiger partial charge is 0.0624 e. The van der Waals surface area contributed by atoms with E-state index in [4.69, 9.17) is 0 Å². The Bertz CT molecular complexity index is 3080. The first-order valence-electron chi connectivity index (χ1n) is 20.4. The Labute approximate surface area is 340 Å². The molecule has 58 heavy (non-hydrogen) atoms. The third-order valence-corrected chi connectivity index (χ3v) is 12.5. The summed E-state index contributed by atoms with van der Waals surface area (Å²) in [6.07, 6.45) is 0. The molecule has 1 aliphatic carbocycles. The van der Waals surface area contributed by atoms with E-state index in [2.05, 4.69) is 231 Å². The number of para-hydroxylation sites is 4. The number of nitrogens with zero attached hydrogens (tertiary/aromatic N) is 3. The second-order valence-electron chi connectivity index (χ2n) is 17.5. The molecule has 280 valence electrons. The zero-order valence-electron chi connectivity index (χ0n) is 33.7. The molecule has 1 aliphatic rings. The minimum absolute atomic E-state index is 0.00972. The van der Waals surface area contributed by atoms with Crippen LogP contribution >= 0.6 is 0 Å². The van der Waals surface area contributed by atoms with Gasteiger partial charge in [0.1, 0.15) is 0 Å². The number of benzene rings is 8. The van der Waals surface area contributed by atoms with E-state index in [0.717, 1.165) is 34.1 Å². The fourth-order valence-electron chi connectivity index (χ4n) is 9.80. The molecule has 0 atom stereocenters. The van der Waals surface area contributed by atoms with Crippen molar-refractivity contribution in [1.29, 1.82) is 0 Å². The van der Waals surface area contributed by atoms with Gasteiger partial charge in [0.25, 0.3) is 0 Å². The average molecular weight is 748 g/mol. The van der Waals surface area contributed by atoms with Gasteiger partial charge in [0.15, 0.2) is 0 Å². The molecule has 0 saturated carbocycles. The van der Waals surface area contributed by atoms with E-state index in [9.17, 15) is 0 Å². The molecule has 0 amide bonds. The Morgan fingerprint density at radius 2 is 0.983 bits per heavy atom. The molecule has 0 unspecified atom stereocenters. The van der Waals surface area contributed by atoms with Crippen molar-refractivity contribution in [3.8, 4) is 11.1 Å². The molecule has 10 aromatic rings. The monoisotopic (exact) mass is 747 g/mol. The summed E-state index contributed by atoms with van der Waals surface area (Å²) >= 11 is 0. The Morgan fingerprint density at radius 3 is 1.52 bits per heavy atom. The predicted octanol–water partition coefficient (Wildman–Crippen LogP) is 15.4. The Kier molecular flexibility index (Phi) is 7.46. The van der Waals surface area contributed by atoms with Gasteiger partial charge in [-0.25, -0.2) is 0 Å². The van der Waals surface area contributed by atoms with E-state index in [-0.39, 0.29) is 10.8 Å². The van der Waals surface area contributed by atoms with Crippen LogP contribution in [0.1, 0.15) is 51.4 Å². The SMILES string of the molecule is CC(C)(C)c1ccc2c(c1)c1c3cc(N(c4ccccc4)c4ccccc4)ccc3cc3c4c(n2c31)C(C)(C)c1cc(N(c2ccccc2)c2ccccc2)ccc1-4. The Balaban J connectivity index is 1.19. The Hall–Kier alpha value is -6.84. The van der Waals surface area contributed by atoms with Crippen LogP contribution in [0.15, 0.2) is 182 Å². The first-order valence-corrected chi connectivity index (χ1v) is 20.4. The summed E-state index contributed by atoms with van der Waals surface area (Å²) in [6, 6.07) is 66.8. The average Bonchev–Trinajstić information content (AvgIpc) is 3.84. The lowest BCUT2D eigenvalue weighted by atomic mass is 9.84. The van der Waals surface area contributed by atoms with E-state index in [0.29, 0.717) is 0 Å². The predicted molar refractivity (Wildman–Crippen MR) is 247 cm³/mol. The normalized spacial score (nSPS) is 13.4. The summed E-state index contributed by atoms with van der Waals surface area (Å²) in [6.45, 7) is 11.8. The van der Waals surface area contributed by atoms with Crippen molar-refractivity contribution < 1.29 is 0 Å². The molecular formula is C55H45N3. The molecule has 3 nitrogen and oxygen atoms in total. The van der Waals surface area contributed by atoms with Crippen LogP contribution < -0.4 is 9.80 Å². The van der Waals surface area contributed by atoms with Gasteiger partial charge in [0.2, 0.25) is 0 Å². The highest BCUT2D eigenvalue weighted by Gasteiger charge is 2.42. The van der Waals surface area contributed by atoms with E-state index in [1.165, 1.54) is 65.9 Å². The molecule has 0 bridgehead atoms. The summed E-state index contributed by atoms with van der Waals surface area (Å²) in [4.78, 5) is 4.76. The first kappa shape index (κ1) is 34.4. The highest BCUT2D eigenvalue weighted by atomic mass is 15.1. The van der Waals surface area contributed by atoms with Gasteiger partial charge in [0, 0.05) is 67.0 Å². The summed E-state index contributed by atoms with van der Waals surface area (Å²) in [5.74, 6) is 0. The van der Waals surface area contributed by atoms with Gasteiger partial charge in [-0.2, -0.15) is 0 Å². The number of fused-ring (bicyclic) bond motifs is 10. The largest absolute Gasteiger partial charge is 0.311 e. The molecule has 0 saturated heterocycles. The van der Waals surface area contributed by atoms with E-state index in [1.54, 1.807) is 0 Å². The van der Waals surface area contributed by atoms with E-state index in [1.807, 2.05) is 0 Å². The van der Waals surface area contributed by atoms with Gasteiger partial charge in [-0.1, -0.05) is 126 Å². The van der Waals surface area contributed by atoms with Crippen LogP contribution in [0, 0.1) is 0 Å². The number of hydrogen-bond donors (Lipinski definition) is 0. The van der Waals surface area contributed by atoms with Crippen LogP contribution in [-0.2, 0) is 10.8 Å². The van der Waals surface area contributed by atoms with Gasteiger partial charge in [0.05, 0.1) is 11.0 Å². The third-order valence-electron chi connectivity index (χ3n) is 12.5. The van der Waals surface area contributed by atoms with Crippen LogP contribution in [0.4, 0.5) is 34.1 Å². The maximum atomic E-state index is 2.63. The van der Waals surface area contributed by atoms with Gasteiger partial charge in [-0.15, -0.1) is 0 Å². The van der Waals surface area contributed by atoms with Crippen LogP contribution in [0.25, 0.3) is 49.1 Å². The number of hydrogen-bond acceptors (Lipinski definition) is 2. The molecular weight excluding hydrogens is 703 g/mol. The van der Waals surface area contributed by atoms with Crippen molar-refractivity contribution >= 4 is 72.1 Å². The third kappa shape index (κ3) is 5.06. The molecule has 2 heterocycles. The van der Waals surface area contributed by atoms with E-state index < -0.39 is 0 Å². The molecule has 0 radical (unpaired) electrons. The van der Waals surface area contributed by atoms with Crippen LogP contribution in [0.2, 0.25) is 0 Å². The molecule has 0 aliphatic heterocycles. The van der Waals surface area contributed by atoms with Crippen LogP contribution in [-0.4, -0.2) is 4.40 Å². The quantitative estimate of drug-likeness (QED) is 0.168. The van der Waals surface area contributed by atoms with Gasteiger partial charge < -0.3 is 14.2 Å². The lowest BCUT2D eigenvalue weighted by molar-refractivity contribution is 0.591. The molecule has 11 rings (SSSR count). The molecule has 0 spiro atoms.